The molecule has 0 saturated carbocycles. The fourth-order valence-corrected chi connectivity index (χ4v) is 1.94. The van der Waals surface area contributed by atoms with Gasteiger partial charge in [0.15, 0.2) is 0 Å². The first-order valence-corrected chi connectivity index (χ1v) is 5.90. The van der Waals surface area contributed by atoms with Gasteiger partial charge in [0.1, 0.15) is 0 Å². The van der Waals surface area contributed by atoms with Crippen molar-refractivity contribution in [3.05, 3.63) is 29.3 Å². The molecular formula is C11H14ClN2Se. The molecule has 0 aliphatic carbocycles. The van der Waals surface area contributed by atoms with Crippen LogP contribution in [0.3, 0.4) is 0 Å². The van der Waals surface area contributed by atoms with Crippen LogP contribution in [0.5, 0.6) is 0 Å². The number of benzene rings is 1. The summed E-state index contributed by atoms with van der Waals surface area (Å²) in [6, 6.07) is 7.51. The van der Waals surface area contributed by atoms with Gasteiger partial charge in [-0.15, -0.1) is 0 Å². The second kappa shape index (κ2) is 5.02. The summed E-state index contributed by atoms with van der Waals surface area (Å²) in [5.74, 6) is 0. The zero-order valence-corrected chi connectivity index (χ0v) is 11.5. The van der Waals surface area contributed by atoms with Gasteiger partial charge in [-0.3, -0.25) is 0 Å². The fourth-order valence-electron chi connectivity index (χ4n) is 0.989. The van der Waals surface area contributed by atoms with E-state index in [4.69, 9.17) is 11.6 Å². The predicted octanol–water partition coefficient (Wildman–Crippen LogP) is 3.07. The normalized spacial score (nSPS) is 12.7. The maximum absolute atomic E-state index is 5.79. The van der Waals surface area contributed by atoms with Crippen molar-refractivity contribution in [2.75, 3.05) is 5.32 Å². The summed E-state index contributed by atoms with van der Waals surface area (Å²) in [6.45, 7) is 6.15. The molecular weight excluding hydrogens is 275 g/mol. The summed E-state index contributed by atoms with van der Waals surface area (Å²) in [5.41, 5.74) is 0.890. The average Bonchev–Trinajstić information content (AvgIpc) is 2.05. The van der Waals surface area contributed by atoms with Crippen molar-refractivity contribution in [1.82, 2.24) is 0 Å². The van der Waals surface area contributed by atoms with Crippen molar-refractivity contribution >= 4 is 38.0 Å². The van der Waals surface area contributed by atoms with Crippen LogP contribution in [-0.2, 0) is 0 Å². The van der Waals surface area contributed by atoms with E-state index in [9.17, 15) is 0 Å². The third kappa shape index (κ3) is 5.22. The van der Waals surface area contributed by atoms with Crippen LogP contribution in [0.1, 0.15) is 20.8 Å². The van der Waals surface area contributed by atoms with Crippen LogP contribution < -0.4 is 5.32 Å². The molecule has 0 saturated heterocycles. The van der Waals surface area contributed by atoms with Crippen LogP contribution in [-0.4, -0.2) is 26.3 Å². The van der Waals surface area contributed by atoms with Crippen molar-refractivity contribution in [1.29, 1.82) is 0 Å². The van der Waals surface area contributed by atoms with Crippen LogP contribution in [0, 0.1) is 0 Å². The molecule has 15 heavy (non-hydrogen) atoms. The molecule has 1 aromatic rings. The summed E-state index contributed by atoms with van der Waals surface area (Å²) in [5, 5.41) is 3.89. The predicted molar refractivity (Wildman–Crippen MR) is 68.0 cm³/mol. The number of hydrogen-bond acceptors (Lipinski definition) is 1. The number of nitrogens with one attached hydrogen (secondary N) is 1. The number of rotatable bonds is 1. The molecule has 1 N–H and O–H groups in total. The Morgan fingerprint density at radius 1 is 1.27 bits per heavy atom. The summed E-state index contributed by atoms with van der Waals surface area (Å²) in [4.78, 5) is 4.44. The number of nitrogens with zero attached hydrogens (tertiary/aromatic N) is 1. The molecule has 0 fully saturated rings. The van der Waals surface area contributed by atoms with Crippen molar-refractivity contribution < 1.29 is 0 Å². The van der Waals surface area contributed by atoms with Crippen LogP contribution >= 0.6 is 11.6 Å². The Kier molecular flexibility index (Phi) is 4.21. The Labute approximate surface area is 104 Å². The molecule has 0 heterocycles. The summed E-state index contributed by atoms with van der Waals surface area (Å²) >= 11 is 8.69. The van der Waals surface area contributed by atoms with E-state index >= 15 is 0 Å². The number of halogens is 1. The van der Waals surface area contributed by atoms with E-state index in [1.165, 1.54) is 0 Å². The molecule has 1 radical (unpaired) electrons. The molecule has 0 atom stereocenters. The van der Waals surface area contributed by atoms with Crippen LogP contribution in [0.25, 0.3) is 0 Å². The van der Waals surface area contributed by atoms with E-state index in [1.807, 2.05) is 45.0 Å². The number of amidine groups is 1. The Hall–Kier alpha value is -0.501. The van der Waals surface area contributed by atoms with Gasteiger partial charge in [0.25, 0.3) is 0 Å². The van der Waals surface area contributed by atoms with Gasteiger partial charge in [0, 0.05) is 0 Å². The Morgan fingerprint density at radius 3 is 2.27 bits per heavy atom. The third-order valence-electron chi connectivity index (χ3n) is 1.53. The molecule has 0 aromatic heterocycles. The van der Waals surface area contributed by atoms with Crippen molar-refractivity contribution in [2.45, 2.75) is 26.3 Å². The third-order valence-corrected chi connectivity index (χ3v) is 2.19. The summed E-state index contributed by atoms with van der Waals surface area (Å²) < 4.78 is 0.782. The van der Waals surface area contributed by atoms with E-state index in [2.05, 4.69) is 26.3 Å². The first-order valence-electron chi connectivity index (χ1n) is 4.66. The average molecular weight is 289 g/mol. The molecule has 2 nitrogen and oxygen atoms in total. The van der Waals surface area contributed by atoms with E-state index in [0.717, 1.165) is 15.4 Å². The van der Waals surface area contributed by atoms with Crippen LogP contribution in [0.15, 0.2) is 29.3 Å². The van der Waals surface area contributed by atoms with Gasteiger partial charge >= 0.3 is 104 Å². The van der Waals surface area contributed by atoms with Crippen molar-refractivity contribution in [3.63, 3.8) is 0 Å². The molecule has 81 valence electrons. The summed E-state index contributed by atoms with van der Waals surface area (Å²) in [7, 11) is 0. The second-order valence-electron chi connectivity index (χ2n) is 4.22. The maximum atomic E-state index is 5.79. The van der Waals surface area contributed by atoms with Crippen LogP contribution in [0.2, 0.25) is 5.02 Å². The monoisotopic (exact) mass is 289 g/mol. The Balaban J connectivity index is 2.70. The standard InChI is InChI=1S/C11H14ClN2Se/c1-11(2,3)14-10(15)13-9-6-4-8(12)5-7-9/h4-7H,1-3H3,(H,13,14). The van der Waals surface area contributed by atoms with Gasteiger partial charge in [-0.2, -0.15) is 0 Å². The van der Waals surface area contributed by atoms with Gasteiger partial charge in [0.2, 0.25) is 0 Å². The number of hydrogen-bond donors (Lipinski definition) is 1. The quantitative estimate of drug-likeness (QED) is 0.479. The number of anilines is 1. The first kappa shape index (κ1) is 12.6. The van der Waals surface area contributed by atoms with E-state index in [-0.39, 0.29) is 5.54 Å². The Bertz CT molecular complexity index is 352. The van der Waals surface area contributed by atoms with E-state index in [0.29, 0.717) is 0 Å². The fraction of sp³-hybridized carbons (Fsp3) is 0.364. The molecule has 0 bridgehead atoms. The number of aliphatic imine (C=N–C) groups is 1. The molecule has 0 spiro atoms. The molecule has 4 heteroatoms. The van der Waals surface area contributed by atoms with Crippen LogP contribution in [0.4, 0.5) is 5.69 Å². The van der Waals surface area contributed by atoms with Gasteiger partial charge < -0.3 is 0 Å². The Morgan fingerprint density at radius 2 is 1.80 bits per heavy atom. The SMILES string of the molecule is CC(C)(C)N=C([Se])Nc1ccc(Cl)cc1. The van der Waals surface area contributed by atoms with Gasteiger partial charge in [-0.05, 0) is 0 Å². The zero-order chi connectivity index (χ0) is 11.5. The van der Waals surface area contributed by atoms with Crippen molar-refractivity contribution in [3.8, 4) is 0 Å². The minimum atomic E-state index is -0.0833. The molecule has 1 aromatic carbocycles. The molecule has 0 unspecified atom stereocenters. The molecule has 0 aliphatic rings. The van der Waals surface area contributed by atoms with Gasteiger partial charge in [0.05, 0.1) is 0 Å². The minimum absolute atomic E-state index is 0.0833. The van der Waals surface area contributed by atoms with E-state index in [1.54, 1.807) is 0 Å². The van der Waals surface area contributed by atoms with Gasteiger partial charge in [-0.25, -0.2) is 0 Å². The topological polar surface area (TPSA) is 24.4 Å². The molecule has 0 aliphatic heterocycles. The first-order chi connectivity index (χ1) is 6.87. The zero-order valence-electron chi connectivity index (χ0n) is 9.04. The molecule has 0 amide bonds. The summed E-state index contributed by atoms with van der Waals surface area (Å²) in [6.07, 6.45) is 0. The molecule has 1 rings (SSSR count). The van der Waals surface area contributed by atoms with Gasteiger partial charge in [-0.1, -0.05) is 0 Å². The van der Waals surface area contributed by atoms with E-state index < -0.39 is 0 Å². The van der Waals surface area contributed by atoms with Crippen molar-refractivity contribution in [2.24, 2.45) is 4.99 Å². The second-order valence-corrected chi connectivity index (χ2v) is 5.47.